The maximum Gasteiger partial charge on any atom is 0.214 e. The van der Waals surface area contributed by atoms with Gasteiger partial charge in [-0.3, -0.25) is 0 Å². The maximum absolute atomic E-state index is 13.4. The number of sulfonamides is 1. The quantitative estimate of drug-likeness (QED) is 0.114. The van der Waals surface area contributed by atoms with E-state index in [0.717, 1.165) is 50.1 Å². The van der Waals surface area contributed by atoms with Crippen LogP contribution < -0.4 is 38.9 Å². The fourth-order valence-corrected chi connectivity index (χ4v) is 9.84. The fourth-order valence-electron chi connectivity index (χ4n) is 8.25. The molecule has 3 N–H and O–H groups in total. The number of aromatic nitrogens is 4. The molecule has 1 fully saturated rings. The van der Waals surface area contributed by atoms with Crippen molar-refractivity contribution in [3.05, 3.63) is 156 Å². The van der Waals surface area contributed by atoms with Gasteiger partial charge in [0.1, 0.15) is 61.8 Å². The van der Waals surface area contributed by atoms with E-state index < -0.39 is 22.2 Å². The van der Waals surface area contributed by atoms with E-state index in [-0.39, 0.29) is 29.0 Å². The predicted molar refractivity (Wildman–Crippen MR) is 252 cm³/mol. The van der Waals surface area contributed by atoms with Crippen LogP contribution >= 0.6 is 0 Å². The summed E-state index contributed by atoms with van der Waals surface area (Å²) in [6.45, 7) is 5.70. The minimum atomic E-state index is -3.44. The monoisotopic (exact) mass is 942 g/mol. The molecule has 4 heterocycles. The largest absolute Gasteiger partial charge is 0.486 e. The van der Waals surface area contributed by atoms with E-state index in [9.17, 15) is 17.2 Å². The van der Waals surface area contributed by atoms with Crippen LogP contribution in [0, 0.1) is 11.6 Å². The van der Waals surface area contributed by atoms with Crippen LogP contribution in [-0.4, -0.2) is 71.7 Å². The fraction of sp³-hybridized carbons (Fsp3) is 0.255. The average Bonchev–Trinajstić information content (AvgIpc) is 4.02. The van der Waals surface area contributed by atoms with Gasteiger partial charge in [0.25, 0.3) is 0 Å². The maximum atomic E-state index is 13.4. The molecule has 0 spiro atoms. The number of benzene rings is 6. The van der Waals surface area contributed by atoms with Crippen LogP contribution in [0.25, 0.3) is 33.2 Å². The topological polar surface area (TPSA) is 163 Å². The molecule has 0 saturated heterocycles. The number of nitrogens with two attached hydrogens (primary N) is 1. The smallest absolute Gasteiger partial charge is 0.214 e. The molecular weight excluding hydrogens is 895 g/mol. The second kappa shape index (κ2) is 18.8. The van der Waals surface area contributed by atoms with Gasteiger partial charge in [0.05, 0.1) is 46.1 Å². The van der Waals surface area contributed by atoms with Crippen LogP contribution in [0.15, 0.2) is 134 Å². The average molecular weight is 943 g/mol. The lowest BCUT2D eigenvalue weighted by Gasteiger charge is -2.28. The Morgan fingerprint density at radius 2 is 1.04 bits per heavy atom. The van der Waals surface area contributed by atoms with Crippen molar-refractivity contribution in [2.75, 3.05) is 26.4 Å². The van der Waals surface area contributed by atoms with E-state index in [1.165, 1.54) is 24.3 Å². The predicted octanol–water partition coefficient (Wildman–Crippen LogP) is 8.93. The zero-order chi connectivity index (χ0) is 46.9. The molecule has 17 heteroatoms. The Kier molecular flexibility index (Phi) is 12.3. The Balaban J connectivity index is 0.000000161. The number of halogens is 2. The highest BCUT2D eigenvalue weighted by Gasteiger charge is 2.38. The molecule has 68 heavy (non-hydrogen) atoms. The molecule has 11 rings (SSSR count). The lowest BCUT2D eigenvalue weighted by molar-refractivity contribution is 0.162. The summed E-state index contributed by atoms with van der Waals surface area (Å²) >= 11 is 0. The standard InChI is InChI=1S/C27H26FN3O5S.C24H22FN3O3/c1-17(30-37(32,33)23-8-9-23)27(18-2-11-25-26(15-18)35-13-12-34-25)36-22-7-10-24-19(14-22)16-29-31(24)21-5-3-20(28)4-6-21;1-15(26)24(16-2-9-22-23(13-16)30-11-10-29-22)31-20-7-8-21-17(12-20)14-27-28(21)19-5-3-18(25)4-6-19/h2-7,10-11,14-17,23,27,30H,8-9,12-13H2,1H3;2-9,12-15,24H,10-11,26H2,1H3/t17-,27-;/m0./s1. The highest BCUT2D eigenvalue weighted by atomic mass is 32.2. The van der Waals surface area contributed by atoms with E-state index in [1.54, 1.807) is 52.9 Å². The van der Waals surface area contributed by atoms with Crippen LogP contribution in [0.3, 0.4) is 0 Å². The molecule has 2 aliphatic heterocycles. The Hall–Kier alpha value is -7.21. The van der Waals surface area contributed by atoms with Crippen molar-refractivity contribution >= 4 is 31.8 Å². The summed E-state index contributed by atoms with van der Waals surface area (Å²) in [4.78, 5) is 0. The third-order valence-electron chi connectivity index (χ3n) is 11.8. The van der Waals surface area contributed by atoms with E-state index in [2.05, 4.69) is 14.9 Å². The number of rotatable bonds is 13. The number of nitrogens with zero attached hydrogens (tertiary/aromatic N) is 4. The third kappa shape index (κ3) is 9.63. The van der Waals surface area contributed by atoms with Gasteiger partial charge in [0.15, 0.2) is 23.0 Å². The molecule has 0 radical (unpaired) electrons. The SMILES string of the molecule is CC(N)C(Oc1ccc2c(cnn2-c2ccc(F)cc2)c1)c1ccc2c(c1)OCCO2.C[C@H](NS(=O)(=O)C1CC1)[C@H](Oc1ccc2c(cnn2-c2ccc(F)cc2)c1)c1ccc2c(c1)OCCO2. The van der Waals surface area contributed by atoms with Crippen molar-refractivity contribution in [1.82, 2.24) is 24.3 Å². The Bertz CT molecular complexity index is 3200. The first kappa shape index (κ1) is 44.6. The summed E-state index contributed by atoms with van der Waals surface area (Å²) in [5.74, 6) is 3.33. The zero-order valence-electron chi connectivity index (χ0n) is 37.1. The molecule has 350 valence electrons. The Morgan fingerprint density at radius 1 is 0.603 bits per heavy atom. The summed E-state index contributed by atoms with van der Waals surface area (Å²) in [6, 6.07) is 34.1. The Morgan fingerprint density at radius 3 is 1.50 bits per heavy atom. The van der Waals surface area contributed by atoms with E-state index in [1.807, 2.05) is 79.7 Å². The van der Waals surface area contributed by atoms with E-state index in [0.29, 0.717) is 68.0 Å². The molecule has 1 aliphatic carbocycles. The lowest BCUT2D eigenvalue weighted by Crippen LogP contribution is -2.40. The summed E-state index contributed by atoms with van der Waals surface area (Å²) in [7, 11) is -3.44. The van der Waals surface area contributed by atoms with Crippen molar-refractivity contribution in [3.8, 4) is 45.9 Å². The van der Waals surface area contributed by atoms with Gasteiger partial charge in [-0.1, -0.05) is 12.1 Å². The number of fused-ring (bicyclic) bond motifs is 4. The molecule has 1 saturated carbocycles. The van der Waals surface area contributed by atoms with Crippen molar-refractivity contribution in [2.45, 2.75) is 56.2 Å². The van der Waals surface area contributed by atoms with Gasteiger partial charge in [0.2, 0.25) is 10.0 Å². The minimum absolute atomic E-state index is 0.250. The summed E-state index contributed by atoms with van der Waals surface area (Å²) in [5, 5.41) is 10.3. The highest BCUT2D eigenvalue weighted by molar-refractivity contribution is 7.90. The first-order valence-electron chi connectivity index (χ1n) is 22.3. The van der Waals surface area contributed by atoms with Crippen LogP contribution in [-0.2, 0) is 10.0 Å². The summed E-state index contributed by atoms with van der Waals surface area (Å²) in [6.07, 6.45) is 3.83. The lowest BCUT2D eigenvalue weighted by atomic mass is 10.0. The van der Waals surface area contributed by atoms with E-state index >= 15 is 0 Å². The summed E-state index contributed by atoms with van der Waals surface area (Å²) in [5.41, 5.74) is 11.2. The second-order valence-corrected chi connectivity index (χ2v) is 18.9. The van der Waals surface area contributed by atoms with Gasteiger partial charge in [-0.2, -0.15) is 10.2 Å². The molecule has 14 nitrogen and oxygen atoms in total. The molecular formula is C51H48F2N6O8S. The van der Waals surface area contributed by atoms with Crippen molar-refractivity contribution in [1.29, 1.82) is 0 Å². The van der Waals surface area contributed by atoms with Crippen LogP contribution in [0.1, 0.15) is 50.0 Å². The van der Waals surface area contributed by atoms with E-state index in [4.69, 9.17) is 34.2 Å². The molecule has 2 unspecified atom stereocenters. The number of nitrogens with one attached hydrogen (secondary N) is 1. The first-order valence-corrected chi connectivity index (χ1v) is 23.9. The highest BCUT2D eigenvalue weighted by Crippen LogP contribution is 2.38. The number of hydrogen-bond acceptors (Lipinski definition) is 11. The molecule has 2 aromatic heterocycles. The van der Waals surface area contributed by atoms with Gasteiger partial charge < -0.3 is 34.2 Å². The van der Waals surface area contributed by atoms with Crippen molar-refractivity contribution < 1.29 is 45.6 Å². The van der Waals surface area contributed by atoms with Crippen molar-refractivity contribution in [2.24, 2.45) is 5.73 Å². The third-order valence-corrected chi connectivity index (χ3v) is 13.8. The molecule has 3 aliphatic rings. The van der Waals surface area contributed by atoms with Gasteiger partial charge in [-0.05, 0) is 147 Å². The van der Waals surface area contributed by atoms with Gasteiger partial charge in [-0.15, -0.1) is 0 Å². The summed E-state index contributed by atoms with van der Waals surface area (Å²) < 4.78 is 93.7. The molecule has 4 atom stereocenters. The first-order chi connectivity index (χ1) is 33.0. The molecule has 6 aromatic carbocycles. The second-order valence-electron chi connectivity index (χ2n) is 16.9. The Labute approximate surface area is 391 Å². The number of hydrogen-bond donors (Lipinski definition) is 2. The number of ether oxygens (including phenoxy) is 6. The van der Waals surface area contributed by atoms with Gasteiger partial charge in [0, 0.05) is 16.8 Å². The van der Waals surface area contributed by atoms with Crippen molar-refractivity contribution in [3.63, 3.8) is 0 Å². The normalized spacial score (nSPS) is 16.0. The van der Waals surface area contributed by atoms with Gasteiger partial charge >= 0.3 is 0 Å². The zero-order valence-corrected chi connectivity index (χ0v) is 37.9. The van der Waals surface area contributed by atoms with Gasteiger partial charge in [-0.25, -0.2) is 31.3 Å². The van der Waals surface area contributed by atoms with Crippen LogP contribution in [0.4, 0.5) is 8.78 Å². The minimum Gasteiger partial charge on any atom is -0.486 e. The van der Waals surface area contributed by atoms with Crippen LogP contribution in [0.5, 0.6) is 34.5 Å². The molecule has 8 aromatic rings. The molecule has 0 amide bonds. The molecule has 0 bridgehead atoms. The van der Waals surface area contributed by atoms with Crippen LogP contribution in [0.2, 0.25) is 0 Å².